The van der Waals surface area contributed by atoms with Crippen LogP contribution in [0.25, 0.3) is 0 Å². The third-order valence-electron chi connectivity index (χ3n) is 3.82. The Bertz CT molecular complexity index is 440. The largest absolute Gasteiger partial charge is 0.335 e. The average Bonchev–Trinajstić information content (AvgIpc) is 2.94. The molecule has 2 aliphatic heterocycles. The number of nitrogens with zero attached hydrogens (tertiary/aromatic N) is 2. The van der Waals surface area contributed by atoms with Crippen molar-refractivity contribution in [1.82, 2.24) is 20.4 Å². The number of aromatic amines is 1. The summed E-state index contributed by atoms with van der Waals surface area (Å²) in [6.07, 6.45) is 3.15. The fourth-order valence-electron chi connectivity index (χ4n) is 2.77. The molecule has 1 aromatic rings. The van der Waals surface area contributed by atoms with Crippen LogP contribution in [0.4, 0.5) is 0 Å². The van der Waals surface area contributed by atoms with Gasteiger partial charge in [-0.05, 0) is 19.8 Å². The molecule has 2 N–H and O–H groups in total. The maximum absolute atomic E-state index is 12.4. The Morgan fingerprint density at radius 2 is 2.41 bits per heavy atom. The second-order valence-electron chi connectivity index (χ2n) is 4.95. The van der Waals surface area contributed by atoms with Crippen molar-refractivity contribution >= 4 is 5.91 Å². The molecule has 1 aromatic heterocycles. The Morgan fingerprint density at radius 3 is 3.18 bits per heavy atom. The van der Waals surface area contributed by atoms with Gasteiger partial charge < -0.3 is 10.2 Å². The van der Waals surface area contributed by atoms with Crippen LogP contribution in [0.5, 0.6) is 0 Å². The van der Waals surface area contributed by atoms with E-state index < -0.39 is 0 Å². The predicted octanol–water partition coefficient (Wildman–Crippen LogP) is 0.680. The number of rotatable bonds is 1. The van der Waals surface area contributed by atoms with E-state index in [9.17, 15) is 4.79 Å². The summed E-state index contributed by atoms with van der Waals surface area (Å²) in [7, 11) is 0. The molecule has 1 amide bonds. The van der Waals surface area contributed by atoms with Crippen molar-refractivity contribution in [2.24, 2.45) is 0 Å². The van der Waals surface area contributed by atoms with Crippen LogP contribution in [-0.4, -0.2) is 40.1 Å². The van der Waals surface area contributed by atoms with Crippen LogP contribution in [0.3, 0.4) is 0 Å². The summed E-state index contributed by atoms with van der Waals surface area (Å²) in [6, 6.07) is 0.353. The molecule has 0 radical (unpaired) electrons. The Labute approximate surface area is 101 Å². The predicted molar refractivity (Wildman–Crippen MR) is 63.7 cm³/mol. The normalized spacial score (nSPS) is 23.8. The summed E-state index contributed by atoms with van der Waals surface area (Å²) in [5.41, 5.74) is 2.82. The molecule has 3 heterocycles. The first-order valence-corrected chi connectivity index (χ1v) is 6.35. The number of H-pyrrole nitrogens is 1. The fraction of sp³-hybridized carbons (Fsp3) is 0.667. The molecule has 0 spiro atoms. The highest BCUT2D eigenvalue weighted by molar-refractivity contribution is 5.94. The highest BCUT2D eigenvalue weighted by Crippen LogP contribution is 2.22. The van der Waals surface area contributed by atoms with Crippen LogP contribution >= 0.6 is 0 Å². The van der Waals surface area contributed by atoms with Crippen molar-refractivity contribution in [3.05, 3.63) is 17.0 Å². The first kappa shape index (κ1) is 10.8. The van der Waals surface area contributed by atoms with E-state index in [0.29, 0.717) is 11.7 Å². The van der Waals surface area contributed by atoms with E-state index in [0.717, 1.165) is 50.2 Å². The number of hydrogen-bond donors (Lipinski definition) is 2. The van der Waals surface area contributed by atoms with Gasteiger partial charge in [-0.2, -0.15) is 5.10 Å². The molecule has 3 rings (SSSR count). The minimum absolute atomic E-state index is 0.0937. The fourth-order valence-corrected chi connectivity index (χ4v) is 2.77. The Hall–Kier alpha value is -1.36. The number of carbonyl (C=O) groups excluding carboxylic acids is 1. The number of aromatic nitrogens is 2. The van der Waals surface area contributed by atoms with E-state index in [1.54, 1.807) is 0 Å². The maximum atomic E-state index is 12.4. The first-order valence-electron chi connectivity index (χ1n) is 6.35. The molecular weight excluding hydrogens is 216 g/mol. The third kappa shape index (κ3) is 1.74. The zero-order valence-corrected chi connectivity index (χ0v) is 10.1. The summed E-state index contributed by atoms with van der Waals surface area (Å²) >= 11 is 0. The molecule has 0 saturated carbocycles. The molecule has 2 aliphatic rings. The standard InChI is InChI=1S/C12H18N4O/c1-8-3-2-6-16(8)12(17)11-9-7-13-5-4-10(9)14-15-11/h8,13H,2-7H2,1H3,(H,14,15)/t8-/m1/s1. The van der Waals surface area contributed by atoms with E-state index >= 15 is 0 Å². The number of nitrogens with one attached hydrogen (secondary N) is 2. The summed E-state index contributed by atoms with van der Waals surface area (Å²) in [4.78, 5) is 14.4. The lowest BCUT2D eigenvalue weighted by molar-refractivity contribution is 0.0740. The van der Waals surface area contributed by atoms with E-state index in [4.69, 9.17) is 0 Å². The van der Waals surface area contributed by atoms with Gasteiger partial charge in [0.2, 0.25) is 0 Å². The Balaban J connectivity index is 1.88. The minimum Gasteiger partial charge on any atom is -0.335 e. The van der Waals surface area contributed by atoms with Crippen molar-refractivity contribution in [1.29, 1.82) is 0 Å². The molecule has 17 heavy (non-hydrogen) atoms. The van der Waals surface area contributed by atoms with E-state index in [-0.39, 0.29) is 5.91 Å². The van der Waals surface area contributed by atoms with E-state index in [1.165, 1.54) is 0 Å². The third-order valence-corrected chi connectivity index (χ3v) is 3.82. The summed E-state index contributed by atoms with van der Waals surface area (Å²) in [5.74, 6) is 0.0937. The van der Waals surface area contributed by atoms with Gasteiger partial charge in [0.15, 0.2) is 5.69 Å². The van der Waals surface area contributed by atoms with Gasteiger partial charge in [0.1, 0.15) is 0 Å². The molecular formula is C12H18N4O. The first-order chi connectivity index (χ1) is 8.27. The molecule has 0 bridgehead atoms. The minimum atomic E-state index is 0.0937. The van der Waals surface area contributed by atoms with Crippen LogP contribution in [0, 0.1) is 0 Å². The molecule has 5 heteroatoms. The molecule has 0 unspecified atom stereocenters. The smallest absolute Gasteiger partial charge is 0.274 e. The summed E-state index contributed by atoms with van der Waals surface area (Å²) < 4.78 is 0. The van der Waals surface area contributed by atoms with Gasteiger partial charge in [-0.15, -0.1) is 0 Å². The lowest BCUT2D eigenvalue weighted by atomic mass is 10.1. The van der Waals surface area contributed by atoms with Gasteiger partial charge in [-0.25, -0.2) is 0 Å². The van der Waals surface area contributed by atoms with Gasteiger partial charge in [-0.3, -0.25) is 9.89 Å². The topological polar surface area (TPSA) is 61.0 Å². The van der Waals surface area contributed by atoms with Crippen molar-refractivity contribution in [2.75, 3.05) is 13.1 Å². The van der Waals surface area contributed by atoms with Gasteiger partial charge in [0.05, 0.1) is 0 Å². The van der Waals surface area contributed by atoms with E-state index in [1.807, 2.05) is 4.90 Å². The number of likely N-dealkylation sites (tertiary alicyclic amines) is 1. The van der Waals surface area contributed by atoms with E-state index in [2.05, 4.69) is 22.4 Å². The zero-order chi connectivity index (χ0) is 11.8. The van der Waals surface area contributed by atoms with Gasteiger partial charge in [0, 0.05) is 43.4 Å². The lowest BCUT2D eigenvalue weighted by Crippen LogP contribution is -2.35. The molecule has 5 nitrogen and oxygen atoms in total. The SMILES string of the molecule is C[C@@H]1CCCN1C(=O)c1n[nH]c2c1CNCC2. The molecule has 1 atom stereocenters. The molecule has 1 fully saturated rings. The summed E-state index contributed by atoms with van der Waals surface area (Å²) in [6.45, 7) is 4.70. The van der Waals surface area contributed by atoms with Crippen molar-refractivity contribution in [3.8, 4) is 0 Å². The van der Waals surface area contributed by atoms with Crippen LogP contribution in [-0.2, 0) is 13.0 Å². The van der Waals surface area contributed by atoms with Crippen molar-refractivity contribution in [2.45, 2.75) is 38.8 Å². The van der Waals surface area contributed by atoms with Crippen LogP contribution in [0.15, 0.2) is 0 Å². The van der Waals surface area contributed by atoms with Crippen LogP contribution < -0.4 is 5.32 Å². The average molecular weight is 234 g/mol. The number of amides is 1. The maximum Gasteiger partial charge on any atom is 0.274 e. The lowest BCUT2D eigenvalue weighted by Gasteiger charge is -2.21. The second-order valence-corrected chi connectivity index (χ2v) is 4.95. The van der Waals surface area contributed by atoms with Crippen LogP contribution in [0.2, 0.25) is 0 Å². The molecule has 1 saturated heterocycles. The quantitative estimate of drug-likeness (QED) is 0.751. The highest BCUT2D eigenvalue weighted by atomic mass is 16.2. The molecule has 0 aromatic carbocycles. The number of fused-ring (bicyclic) bond motifs is 1. The Morgan fingerprint density at radius 1 is 1.53 bits per heavy atom. The van der Waals surface area contributed by atoms with Crippen molar-refractivity contribution < 1.29 is 4.79 Å². The second kappa shape index (κ2) is 4.14. The Kier molecular flexibility index (Phi) is 2.63. The van der Waals surface area contributed by atoms with Crippen molar-refractivity contribution in [3.63, 3.8) is 0 Å². The monoisotopic (exact) mass is 234 g/mol. The molecule has 92 valence electrons. The number of hydrogen-bond acceptors (Lipinski definition) is 3. The van der Waals surface area contributed by atoms with Gasteiger partial charge in [0.25, 0.3) is 5.91 Å². The van der Waals surface area contributed by atoms with Crippen LogP contribution in [0.1, 0.15) is 41.5 Å². The zero-order valence-electron chi connectivity index (χ0n) is 10.1. The molecule has 0 aliphatic carbocycles. The summed E-state index contributed by atoms with van der Waals surface area (Å²) in [5, 5.41) is 10.5. The van der Waals surface area contributed by atoms with Gasteiger partial charge in [-0.1, -0.05) is 0 Å². The number of carbonyl (C=O) groups is 1. The van der Waals surface area contributed by atoms with Gasteiger partial charge >= 0.3 is 0 Å². The highest BCUT2D eigenvalue weighted by Gasteiger charge is 2.30.